The Hall–Kier alpha value is -0.456. The number of rotatable bonds is 0. The predicted octanol–water partition coefficient (Wildman–Crippen LogP) is 4.22. The van der Waals surface area contributed by atoms with Crippen LogP contribution in [-0.4, -0.2) is 0 Å². The van der Waals surface area contributed by atoms with Crippen molar-refractivity contribution in [3.8, 4) is 0 Å². The molecular formula is C15H18Y-2. The molecule has 0 heterocycles. The normalized spacial score (nSPS) is 7.62. The number of aryl methyl sites for hydroxylation is 2. The molecule has 1 radical (unpaired) electrons. The van der Waals surface area contributed by atoms with Crippen molar-refractivity contribution in [3.05, 3.63) is 71.8 Å². The molecule has 0 fully saturated rings. The van der Waals surface area contributed by atoms with Crippen LogP contribution in [0.4, 0.5) is 0 Å². The van der Waals surface area contributed by atoms with Gasteiger partial charge in [-0.15, -0.1) is 0 Å². The molecule has 0 spiro atoms. The second-order valence-corrected chi connectivity index (χ2v) is 3.15. The van der Waals surface area contributed by atoms with Crippen LogP contribution in [0.3, 0.4) is 0 Å². The average molecular weight is 287 g/mol. The van der Waals surface area contributed by atoms with Crippen molar-refractivity contribution in [2.75, 3.05) is 0 Å². The molecule has 0 amide bonds. The van der Waals surface area contributed by atoms with Gasteiger partial charge in [0.2, 0.25) is 0 Å². The van der Waals surface area contributed by atoms with E-state index in [1.165, 1.54) is 11.1 Å². The second kappa shape index (κ2) is 11.0. The molecule has 0 unspecified atom stereocenters. The van der Waals surface area contributed by atoms with Gasteiger partial charge in [-0.1, -0.05) is 21.3 Å². The number of benzene rings is 2. The molecule has 0 aromatic heterocycles. The van der Waals surface area contributed by atoms with E-state index in [0.717, 1.165) is 0 Å². The largest absolute Gasteiger partial charge is 0.184 e. The van der Waals surface area contributed by atoms with Crippen molar-refractivity contribution in [1.29, 1.82) is 0 Å². The molecule has 0 aliphatic rings. The van der Waals surface area contributed by atoms with E-state index in [0.29, 0.717) is 0 Å². The third-order valence-electron chi connectivity index (χ3n) is 1.77. The Morgan fingerprint density at radius 1 is 0.688 bits per heavy atom. The van der Waals surface area contributed by atoms with Gasteiger partial charge in [0.05, 0.1) is 0 Å². The zero-order valence-corrected chi connectivity index (χ0v) is 12.0. The van der Waals surface area contributed by atoms with E-state index in [-0.39, 0.29) is 40.1 Å². The van der Waals surface area contributed by atoms with Crippen molar-refractivity contribution in [1.82, 2.24) is 0 Å². The van der Waals surface area contributed by atoms with E-state index < -0.39 is 0 Å². The van der Waals surface area contributed by atoms with Crippen LogP contribution < -0.4 is 0 Å². The summed E-state index contributed by atoms with van der Waals surface area (Å²) in [6.45, 7) is 4.13. The Bertz CT molecular complexity index is 303. The van der Waals surface area contributed by atoms with Crippen LogP contribution in [-0.2, 0) is 32.7 Å². The van der Waals surface area contributed by atoms with Gasteiger partial charge in [-0.3, -0.25) is 0 Å². The molecule has 2 rings (SSSR count). The van der Waals surface area contributed by atoms with E-state index in [1.807, 2.05) is 48.5 Å². The molecule has 0 aliphatic heterocycles. The summed E-state index contributed by atoms with van der Waals surface area (Å²) in [4.78, 5) is 0. The van der Waals surface area contributed by atoms with E-state index in [1.54, 1.807) is 0 Å². The van der Waals surface area contributed by atoms with Crippen molar-refractivity contribution >= 4 is 0 Å². The van der Waals surface area contributed by atoms with Crippen LogP contribution in [0.1, 0.15) is 18.6 Å². The van der Waals surface area contributed by atoms with Gasteiger partial charge in [0.1, 0.15) is 0 Å². The monoisotopic (exact) mass is 287 g/mol. The zero-order chi connectivity index (χ0) is 10.2. The SMILES string of the molecule is C.Cc1cc[c-]cc1.Cc1cc[c-]cc1.[Y]. The van der Waals surface area contributed by atoms with Crippen molar-refractivity contribution in [2.45, 2.75) is 21.3 Å². The van der Waals surface area contributed by atoms with Gasteiger partial charge in [0, 0.05) is 32.7 Å². The first-order valence-corrected chi connectivity index (χ1v) is 4.64. The summed E-state index contributed by atoms with van der Waals surface area (Å²) in [5.74, 6) is 0. The first-order valence-electron chi connectivity index (χ1n) is 4.64. The average Bonchev–Trinajstić information content (AvgIpc) is 2.21. The fourth-order valence-corrected chi connectivity index (χ4v) is 0.940. The summed E-state index contributed by atoms with van der Waals surface area (Å²) in [6.07, 6.45) is 0. The van der Waals surface area contributed by atoms with Crippen LogP contribution in [0.5, 0.6) is 0 Å². The van der Waals surface area contributed by atoms with E-state index in [2.05, 4.69) is 26.0 Å². The molecule has 83 valence electrons. The Morgan fingerprint density at radius 2 is 0.938 bits per heavy atom. The Kier molecular flexibility index (Phi) is 12.4. The summed E-state index contributed by atoms with van der Waals surface area (Å²) < 4.78 is 0. The fourth-order valence-electron chi connectivity index (χ4n) is 0.940. The molecular weight excluding hydrogens is 269 g/mol. The van der Waals surface area contributed by atoms with Gasteiger partial charge in [-0.2, -0.15) is 71.8 Å². The van der Waals surface area contributed by atoms with E-state index >= 15 is 0 Å². The molecule has 0 saturated heterocycles. The first-order chi connectivity index (χ1) is 6.79. The number of hydrogen-bond donors (Lipinski definition) is 0. The van der Waals surface area contributed by atoms with Crippen LogP contribution in [0, 0.1) is 26.0 Å². The van der Waals surface area contributed by atoms with Crippen LogP contribution in [0.25, 0.3) is 0 Å². The molecule has 2 aromatic carbocycles. The molecule has 0 N–H and O–H groups in total. The van der Waals surface area contributed by atoms with Crippen LogP contribution in [0.15, 0.2) is 48.5 Å². The number of hydrogen-bond acceptors (Lipinski definition) is 0. The topological polar surface area (TPSA) is 0 Å². The predicted molar refractivity (Wildman–Crippen MR) is 66.8 cm³/mol. The third-order valence-corrected chi connectivity index (χ3v) is 1.77. The standard InChI is InChI=1S/2C7H7.CH4.Y/c2*1-7-5-3-2-4-6-7;;/h2*3-6H,1H3;1H4;/q2*-1;;. The summed E-state index contributed by atoms with van der Waals surface area (Å²) in [5.41, 5.74) is 2.58. The maximum Gasteiger partial charge on any atom is 0 e. The van der Waals surface area contributed by atoms with E-state index in [4.69, 9.17) is 0 Å². The minimum atomic E-state index is 0. The van der Waals surface area contributed by atoms with Gasteiger partial charge in [-0.25, -0.2) is 0 Å². The smallest absolute Gasteiger partial charge is 0 e. The summed E-state index contributed by atoms with van der Waals surface area (Å²) >= 11 is 0. The fraction of sp³-hybridized carbons (Fsp3) is 0.200. The van der Waals surface area contributed by atoms with Crippen LogP contribution >= 0.6 is 0 Å². The van der Waals surface area contributed by atoms with Gasteiger partial charge in [-0.05, 0) is 0 Å². The third kappa shape index (κ3) is 8.82. The minimum Gasteiger partial charge on any atom is -0.184 e. The molecule has 0 bridgehead atoms. The summed E-state index contributed by atoms with van der Waals surface area (Å²) in [6, 6.07) is 21.6. The molecule has 1 heteroatoms. The van der Waals surface area contributed by atoms with Crippen molar-refractivity contribution in [2.24, 2.45) is 0 Å². The van der Waals surface area contributed by atoms with Gasteiger partial charge in [0.25, 0.3) is 0 Å². The first kappa shape index (κ1) is 17.9. The maximum atomic E-state index is 2.93. The summed E-state index contributed by atoms with van der Waals surface area (Å²) in [7, 11) is 0. The van der Waals surface area contributed by atoms with Gasteiger partial charge in [0.15, 0.2) is 0 Å². The Morgan fingerprint density at radius 3 is 1.06 bits per heavy atom. The molecule has 2 aromatic rings. The van der Waals surface area contributed by atoms with E-state index in [9.17, 15) is 0 Å². The maximum absolute atomic E-state index is 2.93. The Balaban J connectivity index is 0. The molecule has 0 saturated carbocycles. The van der Waals surface area contributed by atoms with Gasteiger partial charge < -0.3 is 0 Å². The van der Waals surface area contributed by atoms with Crippen molar-refractivity contribution in [3.63, 3.8) is 0 Å². The van der Waals surface area contributed by atoms with Gasteiger partial charge >= 0.3 is 0 Å². The zero-order valence-electron chi connectivity index (χ0n) is 9.20. The van der Waals surface area contributed by atoms with Crippen LogP contribution in [0.2, 0.25) is 0 Å². The second-order valence-electron chi connectivity index (χ2n) is 3.15. The molecule has 16 heavy (non-hydrogen) atoms. The minimum absolute atomic E-state index is 0. The molecule has 0 nitrogen and oxygen atoms in total. The molecule has 0 atom stereocenters. The molecule has 0 aliphatic carbocycles. The Labute approximate surface area is 125 Å². The summed E-state index contributed by atoms with van der Waals surface area (Å²) in [5, 5.41) is 0. The van der Waals surface area contributed by atoms with Crippen molar-refractivity contribution < 1.29 is 32.7 Å². The quantitative estimate of drug-likeness (QED) is 0.636.